The van der Waals surface area contributed by atoms with Gasteiger partial charge in [0, 0.05) is 10.2 Å². The summed E-state index contributed by atoms with van der Waals surface area (Å²) in [6, 6.07) is 10.8. The molecular weight excluding hydrogens is 389 g/mol. The van der Waals surface area contributed by atoms with Crippen LogP contribution in [0.2, 0.25) is 0 Å². The number of nitrogens with one attached hydrogen (secondary N) is 2. The van der Waals surface area contributed by atoms with Crippen LogP contribution in [0.3, 0.4) is 0 Å². The average Bonchev–Trinajstić information content (AvgIpc) is 2.48. The van der Waals surface area contributed by atoms with Crippen molar-refractivity contribution in [3.8, 4) is 0 Å². The topological polar surface area (TPSA) is 24.1 Å². The fourth-order valence-corrected chi connectivity index (χ4v) is 2.72. The lowest BCUT2D eigenvalue weighted by Crippen LogP contribution is -2.22. The Hall–Kier alpha value is -1.60. The van der Waals surface area contributed by atoms with E-state index < -0.39 is 11.7 Å². The van der Waals surface area contributed by atoms with Crippen molar-refractivity contribution >= 4 is 44.6 Å². The SMILES string of the molecule is CCc1cc(Br)ccc1NC(=S)Nc1ccccc1C(F)(F)F. The monoisotopic (exact) mass is 402 g/mol. The van der Waals surface area contributed by atoms with Crippen LogP contribution in [0.1, 0.15) is 18.1 Å². The highest BCUT2D eigenvalue weighted by molar-refractivity contribution is 9.10. The molecule has 0 aliphatic rings. The summed E-state index contributed by atoms with van der Waals surface area (Å²) in [4.78, 5) is 0. The zero-order chi connectivity index (χ0) is 17.0. The van der Waals surface area contributed by atoms with Crippen LogP contribution in [0.15, 0.2) is 46.9 Å². The highest BCUT2D eigenvalue weighted by Gasteiger charge is 2.33. The Balaban J connectivity index is 2.18. The summed E-state index contributed by atoms with van der Waals surface area (Å²) in [6.45, 7) is 1.99. The summed E-state index contributed by atoms with van der Waals surface area (Å²) < 4.78 is 39.9. The Kier molecular flexibility index (Phi) is 5.64. The first-order chi connectivity index (χ1) is 10.8. The fourth-order valence-electron chi connectivity index (χ4n) is 2.09. The van der Waals surface area contributed by atoms with E-state index in [-0.39, 0.29) is 10.8 Å². The summed E-state index contributed by atoms with van der Waals surface area (Å²) in [5, 5.41) is 5.68. The third-order valence-electron chi connectivity index (χ3n) is 3.18. The van der Waals surface area contributed by atoms with Crippen molar-refractivity contribution in [2.75, 3.05) is 10.6 Å². The largest absolute Gasteiger partial charge is 0.418 e. The molecule has 7 heteroatoms. The molecular formula is C16H14BrF3N2S. The highest BCUT2D eigenvalue weighted by atomic mass is 79.9. The van der Waals surface area contributed by atoms with Crippen molar-refractivity contribution in [2.45, 2.75) is 19.5 Å². The molecule has 0 aliphatic heterocycles. The molecule has 0 heterocycles. The molecule has 0 bridgehead atoms. The predicted molar refractivity (Wildman–Crippen MR) is 94.8 cm³/mol. The average molecular weight is 403 g/mol. The lowest BCUT2D eigenvalue weighted by Gasteiger charge is -2.17. The molecule has 23 heavy (non-hydrogen) atoms. The molecule has 2 N–H and O–H groups in total. The first-order valence-corrected chi connectivity index (χ1v) is 8.04. The fraction of sp³-hybridized carbons (Fsp3) is 0.188. The van der Waals surface area contributed by atoms with Crippen LogP contribution in [-0.2, 0) is 12.6 Å². The maximum absolute atomic E-state index is 13.0. The van der Waals surface area contributed by atoms with Gasteiger partial charge in [0.2, 0.25) is 0 Å². The second-order valence-electron chi connectivity index (χ2n) is 4.78. The number of alkyl halides is 3. The van der Waals surface area contributed by atoms with Crippen molar-refractivity contribution in [1.29, 1.82) is 0 Å². The van der Waals surface area contributed by atoms with Gasteiger partial charge in [-0.15, -0.1) is 0 Å². The smallest absolute Gasteiger partial charge is 0.332 e. The van der Waals surface area contributed by atoms with Gasteiger partial charge in [-0.05, 0) is 54.5 Å². The zero-order valence-corrected chi connectivity index (χ0v) is 14.6. The van der Waals surface area contributed by atoms with Crippen LogP contribution in [0, 0.1) is 0 Å². The van der Waals surface area contributed by atoms with Gasteiger partial charge in [0.15, 0.2) is 5.11 Å². The molecule has 2 rings (SSSR count). The Bertz CT molecular complexity index is 717. The van der Waals surface area contributed by atoms with Crippen LogP contribution in [-0.4, -0.2) is 5.11 Å². The molecule has 122 valence electrons. The summed E-state index contributed by atoms with van der Waals surface area (Å²) >= 11 is 8.53. The standard InChI is InChI=1S/C16H14BrF3N2S/c1-2-10-9-11(17)7-8-13(10)21-15(23)22-14-6-4-3-5-12(14)16(18,19)20/h3-9H,2H2,1H3,(H2,21,22,23). The van der Waals surface area contributed by atoms with Crippen molar-refractivity contribution in [2.24, 2.45) is 0 Å². The van der Waals surface area contributed by atoms with Crippen LogP contribution in [0.25, 0.3) is 0 Å². The number of anilines is 2. The van der Waals surface area contributed by atoms with Gasteiger partial charge in [-0.25, -0.2) is 0 Å². The number of hydrogen-bond donors (Lipinski definition) is 2. The first kappa shape index (κ1) is 17.7. The second-order valence-corrected chi connectivity index (χ2v) is 6.10. The van der Waals surface area contributed by atoms with Crippen LogP contribution >= 0.6 is 28.1 Å². The lowest BCUT2D eigenvalue weighted by atomic mass is 10.1. The third kappa shape index (κ3) is 4.68. The molecule has 2 aromatic rings. The number of aryl methyl sites for hydroxylation is 1. The number of halogens is 4. The van der Waals surface area contributed by atoms with Gasteiger partial charge in [0.05, 0.1) is 11.3 Å². The summed E-state index contributed by atoms with van der Waals surface area (Å²) in [7, 11) is 0. The minimum Gasteiger partial charge on any atom is -0.332 e. The zero-order valence-electron chi connectivity index (χ0n) is 12.2. The van der Waals surface area contributed by atoms with E-state index in [1.807, 2.05) is 25.1 Å². The minimum absolute atomic E-state index is 0.0762. The highest BCUT2D eigenvalue weighted by Crippen LogP contribution is 2.34. The van der Waals surface area contributed by atoms with E-state index in [1.165, 1.54) is 18.2 Å². The number of hydrogen-bond acceptors (Lipinski definition) is 1. The molecule has 0 fully saturated rings. The van der Waals surface area contributed by atoms with E-state index in [2.05, 4.69) is 26.6 Å². The van der Waals surface area contributed by atoms with Crippen LogP contribution < -0.4 is 10.6 Å². The van der Waals surface area contributed by atoms with Gasteiger partial charge in [0.25, 0.3) is 0 Å². The molecule has 0 saturated carbocycles. The van der Waals surface area contributed by atoms with Gasteiger partial charge in [0.1, 0.15) is 0 Å². The van der Waals surface area contributed by atoms with E-state index in [1.54, 1.807) is 0 Å². The molecule has 0 radical (unpaired) electrons. The number of para-hydroxylation sites is 1. The van der Waals surface area contributed by atoms with E-state index in [0.717, 1.165) is 28.2 Å². The van der Waals surface area contributed by atoms with E-state index in [0.29, 0.717) is 0 Å². The van der Waals surface area contributed by atoms with E-state index in [9.17, 15) is 13.2 Å². The van der Waals surface area contributed by atoms with Gasteiger partial charge in [-0.2, -0.15) is 13.2 Å². The molecule has 0 saturated heterocycles. The van der Waals surface area contributed by atoms with Crippen LogP contribution in [0.5, 0.6) is 0 Å². The predicted octanol–water partition coefficient (Wildman–Crippen LogP) is 5.84. The molecule has 0 spiro atoms. The molecule has 0 atom stereocenters. The van der Waals surface area contributed by atoms with Crippen molar-refractivity contribution in [3.63, 3.8) is 0 Å². The van der Waals surface area contributed by atoms with Gasteiger partial charge >= 0.3 is 6.18 Å². The van der Waals surface area contributed by atoms with E-state index >= 15 is 0 Å². The van der Waals surface area contributed by atoms with Gasteiger partial charge in [-0.3, -0.25) is 0 Å². The second kappa shape index (κ2) is 7.31. The quantitative estimate of drug-likeness (QED) is 0.630. The molecule has 2 nitrogen and oxygen atoms in total. The van der Waals surface area contributed by atoms with E-state index in [4.69, 9.17) is 12.2 Å². The lowest BCUT2D eigenvalue weighted by molar-refractivity contribution is -0.136. The normalized spacial score (nSPS) is 11.2. The Labute approximate surface area is 146 Å². The van der Waals surface area contributed by atoms with Crippen molar-refractivity contribution < 1.29 is 13.2 Å². The molecule has 0 aromatic heterocycles. The molecule has 2 aromatic carbocycles. The summed E-state index contributed by atoms with van der Waals surface area (Å²) in [6.07, 6.45) is -3.67. The summed E-state index contributed by atoms with van der Waals surface area (Å²) in [5.74, 6) is 0. The van der Waals surface area contributed by atoms with Crippen LogP contribution in [0.4, 0.5) is 24.5 Å². The Morgan fingerprint density at radius 1 is 1.09 bits per heavy atom. The van der Waals surface area contributed by atoms with Crippen molar-refractivity contribution in [1.82, 2.24) is 0 Å². The first-order valence-electron chi connectivity index (χ1n) is 6.84. The maximum atomic E-state index is 13.0. The number of benzene rings is 2. The number of thiocarbonyl (C=S) groups is 1. The Morgan fingerprint density at radius 3 is 2.39 bits per heavy atom. The molecule has 0 amide bonds. The Morgan fingerprint density at radius 2 is 1.74 bits per heavy atom. The third-order valence-corrected chi connectivity index (χ3v) is 3.87. The van der Waals surface area contributed by atoms with Gasteiger partial charge < -0.3 is 10.6 Å². The molecule has 0 unspecified atom stereocenters. The van der Waals surface area contributed by atoms with Gasteiger partial charge in [-0.1, -0.05) is 35.0 Å². The molecule has 0 aliphatic carbocycles. The van der Waals surface area contributed by atoms with Crippen molar-refractivity contribution in [3.05, 3.63) is 58.1 Å². The minimum atomic E-state index is -4.44. The number of rotatable bonds is 3. The summed E-state index contributed by atoms with van der Waals surface area (Å²) in [5.41, 5.74) is 0.939. The maximum Gasteiger partial charge on any atom is 0.418 e.